The topological polar surface area (TPSA) is 88.7 Å². The maximum Gasteiger partial charge on any atom is 0.326 e. The zero-order valence-electron chi connectivity index (χ0n) is 11.1. The van der Waals surface area contributed by atoms with Gasteiger partial charge in [-0.25, -0.2) is 9.79 Å². The molecule has 110 valence electrons. The molecule has 1 heterocycles. The number of nitrogens with one attached hydrogen (secondary N) is 1. The Morgan fingerprint density at radius 2 is 2.33 bits per heavy atom. The van der Waals surface area contributed by atoms with Gasteiger partial charge in [-0.15, -0.1) is 0 Å². The fraction of sp³-hybridized carbons (Fsp3) is 0.308. The van der Waals surface area contributed by atoms with Gasteiger partial charge in [0.2, 0.25) is 5.96 Å². The summed E-state index contributed by atoms with van der Waals surface area (Å²) >= 11 is 12.2. The molecule has 0 saturated carbocycles. The first-order valence-corrected chi connectivity index (χ1v) is 6.95. The molecule has 0 aromatic heterocycles. The van der Waals surface area contributed by atoms with Gasteiger partial charge in [-0.2, -0.15) is 5.26 Å². The Morgan fingerprint density at radius 1 is 1.62 bits per heavy atom. The molecule has 1 atom stereocenters. The second kappa shape index (κ2) is 6.20. The summed E-state index contributed by atoms with van der Waals surface area (Å²) in [7, 11) is 0. The van der Waals surface area contributed by atoms with Crippen LogP contribution in [0.15, 0.2) is 17.1 Å². The Hall–Kier alpha value is -1.97. The van der Waals surface area contributed by atoms with E-state index in [2.05, 4.69) is 10.3 Å². The number of aliphatic carboxylic acids is 1. The monoisotopic (exact) mass is 326 g/mol. The number of carboxylic acids is 1. The molecule has 0 bridgehead atoms. The van der Waals surface area contributed by atoms with Crippen LogP contribution in [0, 0.1) is 11.5 Å². The minimum absolute atomic E-state index is 0.192. The van der Waals surface area contributed by atoms with Crippen LogP contribution in [-0.4, -0.2) is 28.0 Å². The lowest BCUT2D eigenvalue weighted by Crippen LogP contribution is -2.49. The van der Waals surface area contributed by atoms with Gasteiger partial charge in [-0.05, 0) is 18.6 Å². The van der Waals surface area contributed by atoms with Crippen LogP contribution in [0.4, 0.5) is 5.69 Å². The highest BCUT2D eigenvalue weighted by atomic mass is 35.5. The number of carboxylic acid groups (broad SMARTS) is 1. The van der Waals surface area contributed by atoms with Gasteiger partial charge < -0.3 is 10.0 Å². The Balaban J connectivity index is 2.51. The van der Waals surface area contributed by atoms with Crippen molar-refractivity contribution in [3.05, 3.63) is 27.7 Å². The predicted molar refractivity (Wildman–Crippen MR) is 79.6 cm³/mol. The second-order valence-electron chi connectivity index (χ2n) is 4.42. The molecule has 21 heavy (non-hydrogen) atoms. The third-order valence-corrected chi connectivity index (χ3v) is 4.06. The van der Waals surface area contributed by atoms with Crippen LogP contribution in [0.2, 0.25) is 10.0 Å². The molecular weight excluding hydrogens is 315 g/mol. The third-order valence-electron chi connectivity index (χ3n) is 3.21. The highest BCUT2D eigenvalue weighted by molar-refractivity contribution is 6.42. The highest BCUT2D eigenvalue weighted by Gasteiger charge is 2.31. The lowest BCUT2D eigenvalue weighted by molar-refractivity contribution is -0.142. The molecule has 0 fully saturated rings. The smallest absolute Gasteiger partial charge is 0.326 e. The first-order chi connectivity index (χ1) is 9.99. The summed E-state index contributed by atoms with van der Waals surface area (Å²) in [5, 5.41) is 21.3. The Kier molecular flexibility index (Phi) is 4.56. The van der Waals surface area contributed by atoms with Crippen molar-refractivity contribution in [2.24, 2.45) is 4.99 Å². The van der Waals surface area contributed by atoms with E-state index >= 15 is 0 Å². The van der Waals surface area contributed by atoms with Crippen LogP contribution in [-0.2, 0) is 11.3 Å². The van der Waals surface area contributed by atoms with E-state index < -0.39 is 12.0 Å². The van der Waals surface area contributed by atoms with Gasteiger partial charge in [0.1, 0.15) is 6.04 Å². The van der Waals surface area contributed by atoms with Crippen molar-refractivity contribution in [3.8, 4) is 6.19 Å². The summed E-state index contributed by atoms with van der Waals surface area (Å²) in [5.41, 5.74) is 1.21. The lowest BCUT2D eigenvalue weighted by Gasteiger charge is -2.33. The fourth-order valence-electron chi connectivity index (χ4n) is 2.20. The van der Waals surface area contributed by atoms with E-state index in [1.807, 2.05) is 0 Å². The van der Waals surface area contributed by atoms with E-state index in [9.17, 15) is 9.90 Å². The summed E-state index contributed by atoms with van der Waals surface area (Å²) in [6, 6.07) is 2.48. The molecule has 0 saturated heterocycles. The number of carbonyl (C=O) groups is 1. The Morgan fingerprint density at radius 3 is 2.90 bits per heavy atom. The Labute approximate surface area is 131 Å². The van der Waals surface area contributed by atoms with E-state index in [-0.39, 0.29) is 12.5 Å². The van der Waals surface area contributed by atoms with Gasteiger partial charge in [0, 0.05) is 5.56 Å². The van der Waals surface area contributed by atoms with Crippen LogP contribution in [0.3, 0.4) is 0 Å². The maximum atomic E-state index is 11.4. The van der Waals surface area contributed by atoms with Crippen LogP contribution in [0.25, 0.3) is 0 Å². The van der Waals surface area contributed by atoms with Crippen molar-refractivity contribution >= 4 is 40.8 Å². The number of benzene rings is 1. The minimum atomic E-state index is -0.994. The van der Waals surface area contributed by atoms with Crippen molar-refractivity contribution in [1.29, 1.82) is 5.26 Å². The van der Waals surface area contributed by atoms with E-state index in [1.54, 1.807) is 25.2 Å². The number of nitriles is 1. The average Bonchev–Trinajstić information content (AvgIpc) is 2.45. The molecule has 0 spiro atoms. The van der Waals surface area contributed by atoms with E-state index in [0.717, 1.165) is 0 Å². The number of guanidine groups is 1. The molecule has 2 rings (SSSR count). The quantitative estimate of drug-likeness (QED) is 0.658. The molecule has 1 aromatic carbocycles. The first-order valence-electron chi connectivity index (χ1n) is 6.19. The van der Waals surface area contributed by atoms with Crippen molar-refractivity contribution < 1.29 is 9.90 Å². The second-order valence-corrected chi connectivity index (χ2v) is 5.21. The summed E-state index contributed by atoms with van der Waals surface area (Å²) < 4.78 is 0. The number of rotatable bonds is 3. The van der Waals surface area contributed by atoms with Crippen LogP contribution >= 0.6 is 23.2 Å². The van der Waals surface area contributed by atoms with Gasteiger partial charge in [0.25, 0.3) is 0 Å². The zero-order valence-corrected chi connectivity index (χ0v) is 12.6. The van der Waals surface area contributed by atoms with Gasteiger partial charge in [-0.1, -0.05) is 30.1 Å². The number of nitrogens with zero attached hydrogens (tertiary/aromatic N) is 3. The SMILES string of the molecule is CC[C@@H](C(=O)O)N1Cc2c(ccc(Cl)c2Cl)N=C1NC#N. The molecule has 2 N–H and O–H groups in total. The molecule has 1 aliphatic heterocycles. The largest absolute Gasteiger partial charge is 0.480 e. The third kappa shape index (κ3) is 2.89. The van der Waals surface area contributed by atoms with Gasteiger partial charge >= 0.3 is 5.97 Å². The first kappa shape index (κ1) is 15.4. The standard InChI is InChI=1S/C13H12Cl2N4O2/c1-2-10(12(20)21)19-5-7-9(18-13(19)17-6-16)4-3-8(14)11(7)15/h3-4,10H,2,5H2,1H3,(H,17,18)(H,20,21)/t10-/m0/s1. The van der Waals surface area contributed by atoms with Crippen molar-refractivity contribution in [3.63, 3.8) is 0 Å². The van der Waals surface area contributed by atoms with Crippen LogP contribution in [0.1, 0.15) is 18.9 Å². The van der Waals surface area contributed by atoms with E-state index in [4.69, 9.17) is 28.5 Å². The normalized spacial score (nSPS) is 14.8. The molecule has 6 nitrogen and oxygen atoms in total. The fourth-order valence-corrected chi connectivity index (χ4v) is 2.59. The van der Waals surface area contributed by atoms with E-state index in [0.29, 0.717) is 27.7 Å². The van der Waals surface area contributed by atoms with Crippen molar-refractivity contribution in [1.82, 2.24) is 10.2 Å². The van der Waals surface area contributed by atoms with Gasteiger partial charge in [0.15, 0.2) is 6.19 Å². The number of aliphatic imine (C=N–C) groups is 1. The molecule has 0 aliphatic carbocycles. The predicted octanol–water partition coefficient (Wildman–Crippen LogP) is 2.73. The summed E-state index contributed by atoms with van der Waals surface area (Å²) in [4.78, 5) is 17.1. The Bertz CT molecular complexity index is 654. The summed E-state index contributed by atoms with van der Waals surface area (Å²) in [6.45, 7) is 1.96. The van der Waals surface area contributed by atoms with Gasteiger partial charge in [0.05, 0.1) is 22.3 Å². The molecule has 0 radical (unpaired) electrons. The number of fused-ring (bicyclic) bond motifs is 1. The maximum absolute atomic E-state index is 11.4. The average molecular weight is 327 g/mol. The molecular formula is C13H12Cl2N4O2. The molecule has 8 heteroatoms. The zero-order chi connectivity index (χ0) is 15.6. The highest BCUT2D eigenvalue weighted by Crippen LogP contribution is 2.37. The number of hydrogen-bond acceptors (Lipinski definition) is 5. The van der Waals surface area contributed by atoms with E-state index in [1.165, 1.54) is 4.90 Å². The summed E-state index contributed by atoms with van der Waals surface area (Å²) in [5.74, 6) is -0.802. The molecule has 0 unspecified atom stereocenters. The molecule has 0 amide bonds. The van der Waals surface area contributed by atoms with Gasteiger partial charge in [-0.3, -0.25) is 5.32 Å². The lowest BCUT2D eigenvalue weighted by atomic mass is 10.1. The molecule has 1 aromatic rings. The summed E-state index contributed by atoms with van der Waals surface area (Å²) in [6.07, 6.45) is 2.12. The minimum Gasteiger partial charge on any atom is -0.480 e. The van der Waals surface area contributed by atoms with Crippen molar-refractivity contribution in [2.45, 2.75) is 25.9 Å². The van der Waals surface area contributed by atoms with Crippen LogP contribution in [0.5, 0.6) is 0 Å². The number of hydrogen-bond donors (Lipinski definition) is 2. The number of halogens is 2. The van der Waals surface area contributed by atoms with Crippen LogP contribution < -0.4 is 5.32 Å². The van der Waals surface area contributed by atoms with Crippen molar-refractivity contribution in [2.75, 3.05) is 0 Å². The molecule has 1 aliphatic rings.